The molecule has 1 aliphatic heterocycles. The summed E-state index contributed by atoms with van der Waals surface area (Å²) in [5, 5.41) is 5.80. The zero-order valence-electron chi connectivity index (χ0n) is 7.14. The van der Waals surface area contributed by atoms with Crippen molar-refractivity contribution >= 4 is 23.2 Å². The molecule has 12 heavy (non-hydrogen) atoms. The summed E-state index contributed by atoms with van der Waals surface area (Å²) in [6.07, 6.45) is 0. The van der Waals surface area contributed by atoms with Gasteiger partial charge in [-0.2, -0.15) is 0 Å². The van der Waals surface area contributed by atoms with Gasteiger partial charge in [0.2, 0.25) is 0 Å². The molecule has 5 heteroatoms. The average molecular weight is 188 g/mol. The Morgan fingerprint density at radius 3 is 2.92 bits per heavy atom. The lowest BCUT2D eigenvalue weighted by Gasteiger charge is -2.21. The fourth-order valence-electron chi connectivity index (χ4n) is 1.02. The van der Waals surface area contributed by atoms with E-state index in [2.05, 4.69) is 10.6 Å². The molecule has 1 atom stereocenters. The predicted molar refractivity (Wildman–Crippen MR) is 48.8 cm³/mol. The first-order valence-corrected chi connectivity index (χ1v) is 4.22. The van der Waals surface area contributed by atoms with Crippen LogP contribution >= 0.6 is 12.2 Å². The summed E-state index contributed by atoms with van der Waals surface area (Å²) < 4.78 is 4.85. The molecule has 1 heterocycles. The number of hydrogen-bond donors (Lipinski definition) is 2. The Kier molecular flexibility index (Phi) is 2.64. The molecule has 2 N–H and O–H groups in total. The minimum Gasteiger partial charge on any atom is -0.463 e. The van der Waals surface area contributed by atoms with Crippen molar-refractivity contribution in [1.82, 2.24) is 10.6 Å². The van der Waals surface area contributed by atoms with Crippen LogP contribution in [0.25, 0.3) is 0 Å². The molecule has 0 aromatic rings. The van der Waals surface area contributed by atoms with Crippen molar-refractivity contribution in [3.05, 3.63) is 0 Å². The Morgan fingerprint density at radius 1 is 1.83 bits per heavy atom. The normalized spacial score (nSPS) is 28.3. The molecule has 0 saturated carbocycles. The van der Waals surface area contributed by atoms with E-state index in [0.29, 0.717) is 18.1 Å². The Bertz CT molecular complexity index is 219. The van der Waals surface area contributed by atoms with Crippen molar-refractivity contribution in [2.24, 2.45) is 0 Å². The van der Waals surface area contributed by atoms with Crippen molar-refractivity contribution in [2.45, 2.75) is 19.5 Å². The highest BCUT2D eigenvalue weighted by molar-refractivity contribution is 7.80. The van der Waals surface area contributed by atoms with Gasteiger partial charge in [-0.1, -0.05) is 12.2 Å². The van der Waals surface area contributed by atoms with E-state index >= 15 is 0 Å². The summed E-state index contributed by atoms with van der Waals surface area (Å²) >= 11 is 4.89. The third-order valence-corrected chi connectivity index (χ3v) is 1.92. The zero-order valence-corrected chi connectivity index (χ0v) is 7.96. The van der Waals surface area contributed by atoms with E-state index in [9.17, 15) is 4.79 Å². The van der Waals surface area contributed by atoms with Crippen LogP contribution in [0.3, 0.4) is 0 Å². The van der Waals surface area contributed by atoms with Gasteiger partial charge in [-0.15, -0.1) is 0 Å². The lowest BCUT2D eigenvalue weighted by Crippen LogP contribution is -2.54. The minimum absolute atomic E-state index is 0.315. The number of nitrogens with one attached hydrogen (secondary N) is 2. The summed E-state index contributed by atoms with van der Waals surface area (Å²) in [7, 11) is 0. The van der Waals surface area contributed by atoms with Crippen LogP contribution in [0.5, 0.6) is 0 Å². The second-order valence-corrected chi connectivity index (χ2v) is 3.24. The quantitative estimate of drug-likeness (QED) is 0.464. The molecule has 1 aliphatic rings. The standard InChI is InChI=1S/C7H12N2O2S/c1-3-11-6(10)7(2)8-4-5(12)9-7/h8H,3-4H2,1-2H3,(H,9,12)/t7-/m0/s1. The Hall–Kier alpha value is -0.680. The van der Waals surface area contributed by atoms with Gasteiger partial charge >= 0.3 is 5.97 Å². The molecule has 0 aromatic heterocycles. The lowest BCUT2D eigenvalue weighted by molar-refractivity contribution is -0.150. The van der Waals surface area contributed by atoms with E-state index < -0.39 is 5.66 Å². The van der Waals surface area contributed by atoms with Crippen LogP contribution in [-0.4, -0.2) is 29.8 Å². The van der Waals surface area contributed by atoms with Crippen LogP contribution in [-0.2, 0) is 9.53 Å². The van der Waals surface area contributed by atoms with E-state index in [0.717, 1.165) is 0 Å². The Morgan fingerprint density at radius 2 is 2.50 bits per heavy atom. The van der Waals surface area contributed by atoms with Gasteiger partial charge in [0.1, 0.15) is 0 Å². The van der Waals surface area contributed by atoms with Gasteiger partial charge in [0.25, 0.3) is 0 Å². The van der Waals surface area contributed by atoms with Gasteiger partial charge < -0.3 is 10.1 Å². The van der Waals surface area contributed by atoms with E-state index in [1.807, 2.05) is 0 Å². The third-order valence-electron chi connectivity index (χ3n) is 1.68. The number of hydrogen-bond acceptors (Lipinski definition) is 4. The summed E-state index contributed by atoms with van der Waals surface area (Å²) in [5.74, 6) is -0.315. The first-order chi connectivity index (χ1) is 5.58. The van der Waals surface area contributed by atoms with Crippen molar-refractivity contribution < 1.29 is 9.53 Å². The van der Waals surface area contributed by atoms with Gasteiger partial charge in [-0.05, 0) is 13.8 Å². The van der Waals surface area contributed by atoms with E-state index in [1.54, 1.807) is 13.8 Å². The maximum absolute atomic E-state index is 11.3. The third kappa shape index (κ3) is 1.73. The topological polar surface area (TPSA) is 50.4 Å². The average Bonchev–Trinajstić information content (AvgIpc) is 2.33. The zero-order chi connectivity index (χ0) is 9.19. The van der Waals surface area contributed by atoms with Crippen molar-refractivity contribution in [2.75, 3.05) is 13.2 Å². The van der Waals surface area contributed by atoms with Crippen LogP contribution in [0, 0.1) is 0 Å². The highest BCUT2D eigenvalue weighted by Gasteiger charge is 2.39. The van der Waals surface area contributed by atoms with Gasteiger partial charge in [0.05, 0.1) is 11.6 Å². The number of rotatable bonds is 2. The Balaban J connectivity index is 2.60. The molecule has 0 amide bonds. The van der Waals surface area contributed by atoms with E-state index in [1.165, 1.54) is 0 Å². The molecule has 68 valence electrons. The second-order valence-electron chi connectivity index (χ2n) is 2.75. The molecule has 1 fully saturated rings. The highest BCUT2D eigenvalue weighted by atomic mass is 32.1. The molecule has 0 aromatic carbocycles. The van der Waals surface area contributed by atoms with Crippen LogP contribution < -0.4 is 10.6 Å². The van der Waals surface area contributed by atoms with Crippen LogP contribution in [0.1, 0.15) is 13.8 Å². The lowest BCUT2D eigenvalue weighted by atomic mass is 10.2. The monoisotopic (exact) mass is 188 g/mol. The van der Waals surface area contributed by atoms with Crippen molar-refractivity contribution in [1.29, 1.82) is 0 Å². The summed E-state index contributed by atoms with van der Waals surface area (Å²) in [5.41, 5.74) is -0.826. The summed E-state index contributed by atoms with van der Waals surface area (Å²) in [6.45, 7) is 4.40. The van der Waals surface area contributed by atoms with Crippen molar-refractivity contribution in [3.63, 3.8) is 0 Å². The number of carbonyl (C=O) groups is 1. The van der Waals surface area contributed by atoms with Gasteiger partial charge in [-0.25, -0.2) is 4.79 Å². The van der Waals surface area contributed by atoms with E-state index in [-0.39, 0.29) is 5.97 Å². The molecule has 0 aliphatic carbocycles. The SMILES string of the molecule is CCOC(=O)[C@@]1(C)NCC(=S)N1. The fourth-order valence-corrected chi connectivity index (χ4v) is 1.30. The fraction of sp³-hybridized carbons (Fsp3) is 0.714. The predicted octanol–water partition coefficient (Wildman–Crippen LogP) is -0.214. The molecule has 0 bridgehead atoms. The molecule has 4 nitrogen and oxygen atoms in total. The smallest absolute Gasteiger partial charge is 0.346 e. The first-order valence-electron chi connectivity index (χ1n) is 3.82. The molecule has 1 saturated heterocycles. The van der Waals surface area contributed by atoms with Gasteiger partial charge in [0, 0.05) is 6.54 Å². The molecular weight excluding hydrogens is 176 g/mol. The van der Waals surface area contributed by atoms with Crippen molar-refractivity contribution in [3.8, 4) is 0 Å². The second kappa shape index (κ2) is 3.37. The van der Waals surface area contributed by atoms with E-state index in [4.69, 9.17) is 17.0 Å². The molecule has 0 radical (unpaired) electrons. The molecule has 0 unspecified atom stereocenters. The van der Waals surface area contributed by atoms with Crippen LogP contribution in [0.15, 0.2) is 0 Å². The summed E-state index contributed by atoms with van der Waals surface area (Å²) in [6, 6.07) is 0. The minimum atomic E-state index is -0.826. The van der Waals surface area contributed by atoms with Crippen LogP contribution in [0.2, 0.25) is 0 Å². The number of thiocarbonyl (C=S) groups is 1. The Labute approximate surface area is 76.7 Å². The van der Waals surface area contributed by atoms with Gasteiger partial charge in [-0.3, -0.25) is 5.32 Å². The largest absolute Gasteiger partial charge is 0.463 e. The first kappa shape index (κ1) is 9.41. The highest BCUT2D eigenvalue weighted by Crippen LogP contribution is 2.07. The molecular formula is C7H12N2O2S. The summed E-state index contributed by atoms with van der Waals surface area (Å²) in [4.78, 5) is 11.9. The van der Waals surface area contributed by atoms with Crippen LogP contribution in [0.4, 0.5) is 0 Å². The number of ether oxygens (including phenoxy) is 1. The van der Waals surface area contributed by atoms with Gasteiger partial charge in [0.15, 0.2) is 5.66 Å². The molecule has 0 spiro atoms. The maximum Gasteiger partial charge on any atom is 0.346 e. The maximum atomic E-state index is 11.3. The molecule has 1 rings (SSSR count). The number of esters is 1. The number of carbonyl (C=O) groups excluding carboxylic acids is 1.